The van der Waals surface area contributed by atoms with Crippen LogP contribution in [0.2, 0.25) is 0 Å². The summed E-state index contributed by atoms with van der Waals surface area (Å²) in [5, 5.41) is 3.35. The Balaban J connectivity index is 2.18. The van der Waals surface area contributed by atoms with E-state index in [4.69, 9.17) is 10.7 Å². The molecule has 0 saturated heterocycles. The van der Waals surface area contributed by atoms with Crippen LogP contribution in [-0.2, 0) is 13.0 Å². The van der Waals surface area contributed by atoms with Crippen molar-refractivity contribution in [1.82, 2.24) is 4.98 Å². The lowest BCUT2D eigenvalue weighted by molar-refractivity contribution is 0.410. The van der Waals surface area contributed by atoms with Crippen LogP contribution in [0.25, 0.3) is 11.3 Å². The Morgan fingerprint density at radius 2 is 1.83 bits per heavy atom. The van der Waals surface area contributed by atoms with Crippen LogP contribution >= 0.6 is 11.3 Å². The highest BCUT2D eigenvalue weighted by atomic mass is 32.1. The van der Waals surface area contributed by atoms with Crippen LogP contribution in [0.1, 0.15) is 31.3 Å². The van der Waals surface area contributed by atoms with Gasteiger partial charge in [0.25, 0.3) is 0 Å². The predicted molar refractivity (Wildman–Crippen MR) is 78.6 cm³/mol. The van der Waals surface area contributed by atoms with Gasteiger partial charge in [-0.15, -0.1) is 11.3 Å². The molecule has 0 bridgehead atoms. The zero-order chi connectivity index (χ0) is 13.2. The summed E-state index contributed by atoms with van der Waals surface area (Å²) in [6.45, 7) is 7.31. The van der Waals surface area contributed by atoms with E-state index in [1.165, 1.54) is 10.6 Å². The lowest BCUT2D eigenvalue weighted by Crippen LogP contribution is -2.08. The fourth-order valence-corrected chi connectivity index (χ4v) is 2.89. The van der Waals surface area contributed by atoms with Gasteiger partial charge in [-0.1, -0.05) is 45.0 Å². The van der Waals surface area contributed by atoms with Crippen LogP contribution in [0.4, 0.5) is 0 Å². The van der Waals surface area contributed by atoms with Crippen molar-refractivity contribution >= 4 is 11.3 Å². The van der Waals surface area contributed by atoms with Gasteiger partial charge in [0.15, 0.2) is 0 Å². The highest BCUT2D eigenvalue weighted by Gasteiger charge is 2.14. The van der Waals surface area contributed by atoms with Gasteiger partial charge < -0.3 is 5.73 Å². The van der Waals surface area contributed by atoms with Gasteiger partial charge in [-0.3, -0.25) is 0 Å². The van der Waals surface area contributed by atoms with E-state index < -0.39 is 0 Å². The second kappa shape index (κ2) is 5.21. The summed E-state index contributed by atoms with van der Waals surface area (Å²) in [4.78, 5) is 4.71. The zero-order valence-corrected chi connectivity index (χ0v) is 12.1. The van der Waals surface area contributed by atoms with Crippen LogP contribution in [0, 0.1) is 5.41 Å². The molecule has 0 aliphatic rings. The molecule has 1 aromatic carbocycles. The number of aromatic nitrogens is 1. The average molecular weight is 260 g/mol. The first-order valence-corrected chi connectivity index (χ1v) is 7.10. The molecule has 1 aromatic heterocycles. The second-order valence-electron chi connectivity index (χ2n) is 5.76. The van der Waals surface area contributed by atoms with E-state index in [0.29, 0.717) is 12.0 Å². The molecule has 2 rings (SSSR count). The Hall–Kier alpha value is -1.19. The summed E-state index contributed by atoms with van der Waals surface area (Å²) >= 11 is 1.75. The minimum Gasteiger partial charge on any atom is -0.326 e. The van der Waals surface area contributed by atoms with Crippen LogP contribution in [0.15, 0.2) is 29.6 Å². The molecule has 2 N–H and O–H groups in total. The van der Waals surface area contributed by atoms with E-state index in [1.54, 1.807) is 11.3 Å². The summed E-state index contributed by atoms with van der Waals surface area (Å²) in [7, 11) is 0. The number of nitrogens with zero attached hydrogens (tertiary/aromatic N) is 1. The molecular formula is C15H20N2S. The van der Waals surface area contributed by atoms with Crippen LogP contribution in [0.3, 0.4) is 0 Å². The van der Waals surface area contributed by atoms with Gasteiger partial charge in [0, 0.05) is 23.9 Å². The third-order valence-corrected chi connectivity index (χ3v) is 3.57. The first kappa shape index (κ1) is 13.2. The number of hydrogen-bond donors (Lipinski definition) is 1. The molecule has 0 fully saturated rings. The normalized spacial score (nSPS) is 11.8. The second-order valence-corrected chi connectivity index (χ2v) is 6.71. The molecule has 2 aromatic rings. The van der Waals surface area contributed by atoms with Crippen molar-refractivity contribution in [1.29, 1.82) is 0 Å². The van der Waals surface area contributed by atoms with E-state index in [1.807, 2.05) is 0 Å². The van der Waals surface area contributed by atoms with Crippen molar-refractivity contribution in [2.75, 3.05) is 0 Å². The first-order chi connectivity index (χ1) is 8.48. The lowest BCUT2D eigenvalue weighted by atomic mass is 9.93. The summed E-state index contributed by atoms with van der Waals surface area (Å²) in [5.74, 6) is 0. The van der Waals surface area contributed by atoms with Crippen molar-refractivity contribution in [2.45, 2.75) is 33.7 Å². The maximum atomic E-state index is 5.60. The zero-order valence-electron chi connectivity index (χ0n) is 11.2. The fourth-order valence-electron chi connectivity index (χ4n) is 1.79. The first-order valence-electron chi connectivity index (χ1n) is 6.22. The quantitative estimate of drug-likeness (QED) is 0.910. The summed E-state index contributed by atoms with van der Waals surface area (Å²) in [6, 6.07) is 8.33. The number of benzene rings is 1. The average Bonchev–Trinajstić information content (AvgIpc) is 2.75. The Kier molecular flexibility index (Phi) is 3.83. The van der Waals surface area contributed by atoms with Crippen molar-refractivity contribution in [3.05, 3.63) is 40.2 Å². The van der Waals surface area contributed by atoms with Gasteiger partial charge in [0.1, 0.15) is 0 Å². The van der Waals surface area contributed by atoms with E-state index in [9.17, 15) is 0 Å². The molecule has 3 heteroatoms. The van der Waals surface area contributed by atoms with E-state index in [0.717, 1.165) is 17.7 Å². The minimum absolute atomic E-state index is 0.290. The maximum absolute atomic E-state index is 5.60. The third-order valence-electron chi connectivity index (χ3n) is 2.72. The highest BCUT2D eigenvalue weighted by molar-refractivity contribution is 7.09. The van der Waals surface area contributed by atoms with Gasteiger partial charge in [0.2, 0.25) is 0 Å². The molecule has 0 spiro atoms. The predicted octanol–water partition coefficient (Wildman–Crippen LogP) is 3.86. The number of thiazole rings is 1. The Morgan fingerprint density at radius 3 is 2.39 bits per heavy atom. The number of rotatable bonds is 3. The van der Waals surface area contributed by atoms with Crippen LogP contribution < -0.4 is 5.73 Å². The summed E-state index contributed by atoms with van der Waals surface area (Å²) in [5.41, 5.74) is 9.29. The molecule has 0 aliphatic carbocycles. The van der Waals surface area contributed by atoms with Gasteiger partial charge in [0.05, 0.1) is 10.7 Å². The summed E-state index contributed by atoms with van der Waals surface area (Å²) in [6.07, 6.45) is 1.03. The Bertz CT molecular complexity index is 506. The lowest BCUT2D eigenvalue weighted by Gasteiger charge is -2.15. The number of nitrogens with two attached hydrogens (primary N) is 1. The molecule has 1 heterocycles. The molecule has 96 valence electrons. The minimum atomic E-state index is 0.290. The van der Waals surface area contributed by atoms with E-state index in [2.05, 4.69) is 50.4 Å². The third kappa shape index (κ3) is 3.40. The molecule has 0 saturated carbocycles. The van der Waals surface area contributed by atoms with Gasteiger partial charge >= 0.3 is 0 Å². The standard InChI is InChI=1S/C15H20N2S/c1-15(2,3)8-14-17-13(10-18-14)12-6-4-11(9-16)5-7-12/h4-7,10H,8-9,16H2,1-3H3. The van der Waals surface area contributed by atoms with Gasteiger partial charge in [-0.25, -0.2) is 4.98 Å². The highest BCUT2D eigenvalue weighted by Crippen LogP contribution is 2.27. The monoisotopic (exact) mass is 260 g/mol. The van der Waals surface area contributed by atoms with Gasteiger partial charge in [-0.05, 0) is 11.0 Å². The van der Waals surface area contributed by atoms with Crippen molar-refractivity contribution < 1.29 is 0 Å². The van der Waals surface area contributed by atoms with Crippen LogP contribution in [-0.4, -0.2) is 4.98 Å². The topological polar surface area (TPSA) is 38.9 Å². The Labute approximate surface area is 113 Å². The van der Waals surface area contributed by atoms with Gasteiger partial charge in [-0.2, -0.15) is 0 Å². The molecule has 2 nitrogen and oxygen atoms in total. The molecule has 0 radical (unpaired) electrons. The molecule has 0 amide bonds. The van der Waals surface area contributed by atoms with Crippen LogP contribution in [0.5, 0.6) is 0 Å². The van der Waals surface area contributed by atoms with Crippen molar-refractivity contribution in [3.8, 4) is 11.3 Å². The Morgan fingerprint density at radius 1 is 1.17 bits per heavy atom. The summed E-state index contributed by atoms with van der Waals surface area (Å²) < 4.78 is 0. The van der Waals surface area contributed by atoms with Crippen molar-refractivity contribution in [3.63, 3.8) is 0 Å². The molecular weight excluding hydrogens is 240 g/mol. The number of hydrogen-bond acceptors (Lipinski definition) is 3. The molecule has 0 aliphatic heterocycles. The SMILES string of the molecule is CC(C)(C)Cc1nc(-c2ccc(CN)cc2)cs1. The maximum Gasteiger partial charge on any atom is 0.0937 e. The van der Waals surface area contributed by atoms with E-state index >= 15 is 0 Å². The smallest absolute Gasteiger partial charge is 0.0937 e. The molecule has 18 heavy (non-hydrogen) atoms. The molecule has 0 unspecified atom stereocenters. The van der Waals surface area contributed by atoms with E-state index in [-0.39, 0.29) is 0 Å². The molecule has 0 atom stereocenters. The van der Waals surface area contributed by atoms with Crippen molar-refractivity contribution in [2.24, 2.45) is 11.1 Å². The fraction of sp³-hybridized carbons (Fsp3) is 0.400. The largest absolute Gasteiger partial charge is 0.326 e.